The second kappa shape index (κ2) is 6.43. The summed E-state index contributed by atoms with van der Waals surface area (Å²) < 4.78 is 4.66. The molecule has 0 aliphatic carbocycles. The fourth-order valence-corrected chi connectivity index (χ4v) is 1.58. The summed E-state index contributed by atoms with van der Waals surface area (Å²) in [5.74, 6) is -0.242. The average Bonchev–Trinajstić information content (AvgIpc) is 2.35. The molecule has 5 nitrogen and oxygen atoms in total. The van der Waals surface area contributed by atoms with E-state index in [9.17, 15) is 9.59 Å². The van der Waals surface area contributed by atoms with Crippen molar-refractivity contribution in [1.82, 2.24) is 5.32 Å². The summed E-state index contributed by atoms with van der Waals surface area (Å²) in [5.41, 5.74) is 4.85. The Morgan fingerprint density at radius 2 is 2.00 bits per heavy atom. The van der Waals surface area contributed by atoms with E-state index >= 15 is 0 Å². The van der Waals surface area contributed by atoms with Gasteiger partial charge in [-0.05, 0) is 25.5 Å². The number of halogens is 1. The van der Waals surface area contributed by atoms with Crippen LogP contribution in [0.1, 0.15) is 19.4 Å². The Bertz CT molecular complexity index is 475. The Labute approximate surface area is 117 Å². The van der Waals surface area contributed by atoms with Gasteiger partial charge in [0.05, 0.1) is 5.41 Å². The van der Waals surface area contributed by atoms with Crippen molar-refractivity contribution >= 4 is 23.6 Å². The van der Waals surface area contributed by atoms with Crippen LogP contribution in [0.2, 0.25) is 5.02 Å². The van der Waals surface area contributed by atoms with Crippen LogP contribution in [0.25, 0.3) is 0 Å². The predicted molar refractivity (Wildman–Crippen MR) is 72.6 cm³/mol. The monoisotopic (exact) mass is 284 g/mol. The lowest BCUT2D eigenvalue weighted by Gasteiger charge is -2.22. The van der Waals surface area contributed by atoms with Gasteiger partial charge in [-0.25, -0.2) is 4.79 Å². The molecular formula is C13H17ClN2O3. The molecule has 0 spiro atoms. The minimum Gasteiger partial charge on any atom is -0.449 e. The molecule has 0 atom stereocenters. The summed E-state index contributed by atoms with van der Waals surface area (Å²) in [6.07, 6.45) is -0.896. The van der Waals surface area contributed by atoms with E-state index < -0.39 is 11.5 Å². The van der Waals surface area contributed by atoms with Gasteiger partial charge in [-0.1, -0.05) is 29.8 Å². The van der Waals surface area contributed by atoms with Crippen LogP contribution in [0.15, 0.2) is 24.3 Å². The average molecular weight is 285 g/mol. The highest BCUT2D eigenvalue weighted by Gasteiger charge is 2.29. The van der Waals surface area contributed by atoms with E-state index in [0.29, 0.717) is 11.6 Å². The lowest BCUT2D eigenvalue weighted by Crippen LogP contribution is -2.40. The van der Waals surface area contributed by atoms with Crippen LogP contribution in [0.5, 0.6) is 0 Å². The molecule has 0 aliphatic rings. The molecule has 0 aromatic heterocycles. The summed E-state index contributed by atoms with van der Waals surface area (Å²) >= 11 is 5.99. The maximum atomic E-state index is 12.0. The Hall–Kier alpha value is -1.75. The highest BCUT2D eigenvalue weighted by atomic mass is 35.5. The van der Waals surface area contributed by atoms with Gasteiger partial charge in [-0.15, -0.1) is 0 Å². The van der Waals surface area contributed by atoms with Crippen molar-refractivity contribution in [3.05, 3.63) is 34.9 Å². The predicted octanol–water partition coefficient (Wildman–Crippen LogP) is 2.08. The summed E-state index contributed by atoms with van der Waals surface area (Å²) in [5, 5.41) is 3.34. The lowest BCUT2D eigenvalue weighted by molar-refractivity contribution is -0.131. The summed E-state index contributed by atoms with van der Waals surface area (Å²) in [6.45, 7) is 3.57. The number of rotatable bonds is 5. The Morgan fingerprint density at radius 1 is 1.37 bits per heavy atom. The molecule has 0 heterocycles. The van der Waals surface area contributed by atoms with Crippen LogP contribution in [-0.4, -0.2) is 18.6 Å². The number of ether oxygens (including phenoxy) is 1. The molecule has 0 saturated carbocycles. The minimum atomic E-state index is -0.896. The van der Waals surface area contributed by atoms with Crippen LogP contribution in [0, 0.1) is 5.41 Å². The number of hydrogen-bond acceptors (Lipinski definition) is 3. The van der Waals surface area contributed by atoms with Gasteiger partial charge in [0.25, 0.3) is 0 Å². The van der Waals surface area contributed by atoms with Crippen LogP contribution in [-0.2, 0) is 16.1 Å². The summed E-state index contributed by atoms with van der Waals surface area (Å²) in [6, 6.07) is 7.24. The Balaban J connectivity index is 2.55. The molecule has 104 valence electrons. The number of benzene rings is 1. The molecule has 0 bridgehead atoms. The molecule has 3 N–H and O–H groups in total. The van der Waals surface area contributed by atoms with Crippen LogP contribution in [0.4, 0.5) is 4.79 Å². The van der Waals surface area contributed by atoms with Gasteiger partial charge in [0.1, 0.15) is 6.61 Å². The molecule has 2 amide bonds. The third-order valence-corrected chi connectivity index (χ3v) is 2.96. The van der Waals surface area contributed by atoms with Gasteiger partial charge in [0.15, 0.2) is 0 Å². The molecule has 0 unspecified atom stereocenters. The van der Waals surface area contributed by atoms with Crippen molar-refractivity contribution < 1.29 is 14.3 Å². The number of primary amides is 1. The van der Waals surface area contributed by atoms with Gasteiger partial charge < -0.3 is 15.8 Å². The first-order valence-corrected chi connectivity index (χ1v) is 6.14. The van der Waals surface area contributed by atoms with E-state index in [0.717, 1.165) is 5.56 Å². The SMILES string of the molecule is CC(C)(COC(N)=O)C(=O)NCc1ccccc1Cl. The molecule has 1 aromatic rings. The molecule has 0 saturated heterocycles. The fourth-order valence-electron chi connectivity index (χ4n) is 1.37. The topological polar surface area (TPSA) is 81.4 Å². The molecule has 1 rings (SSSR count). The summed E-state index contributed by atoms with van der Waals surface area (Å²) in [7, 11) is 0. The van der Waals surface area contributed by atoms with E-state index in [-0.39, 0.29) is 12.5 Å². The quantitative estimate of drug-likeness (QED) is 0.868. The maximum absolute atomic E-state index is 12.0. The number of hydrogen-bond donors (Lipinski definition) is 2. The third-order valence-electron chi connectivity index (χ3n) is 2.59. The number of nitrogens with one attached hydrogen (secondary N) is 1. The number of carbonyl (C=O) groups is 2. The van der Waals surface area contributed by atoms with Crippen molar-refractivity contribution in [2.75, 3.05) is 6.61 Å². The number of nitrogens with two attached hydrogens (primary N) is 1. The van der Waals surface area contributed by atoms with Crippen LogP contribution >= 0.6 is 11.6 Å². The van der Waals surface area contributed by atoms with Gasteiger partial charge in [-0.2, -0.15) is 0 Å². The lowest BCUT2D eigenvalue weighted by atomic mass is 9.93. The van der Waals surface area contributed by atoms with E-state index in [1.54, 1.807) is 19.9 Å². The van der Waals surface area contributed by atoms with Crippen LogP contribution in [0.3, 0.4) is 0 Å². The standard InChI is InChI=1S/C13H17ClN2O3/c1-13(2,8-19-12(15)18)11(17)16-7-9-5-3-4-6-10(9)14/h3-6H,7-8H2,1-2H3,(H2,15,18)(H,16,17). The fraction of sp³-hybridized carbons (Fsp3) is 0.385. The largest absolute Gasteiger partial charge is 0.449 e. The van der Waals surface area contributed by atoms with Gasteiger partial charge in [0, 0.05) is 11.6 Å². The van der Waals surface area contributed by atoms with E-state index in [1.807, 2.05) is 18.2 Å². The van der Waals surface area contributed by atoms with Crippen molar-refractivity contribution in [3.63, 3.8) is 0 Å². The van der Waals surface area contributed by atoms with Gasteiger partial charge in [-0.3, -0.25) is 4.79 Å². The summed E-state index contributed by atoms with van der Waals surface area (Å²) in [4.78, 5) is 22.5. The zero-order valence-electron chi connectivity index (χ0n) is 10.9. The highest BCUT2D eigenvalue weighted by molar-refractivity contribution is 6.31. The molecule has 1 aromatic carbocycles. The van der Waals surface area contributed by atoms with Crippen molar-refractivity contribution in [2.45, 2.75) is 20.4 Å². The van der Waals surface area contributed by atoms with Crippen LogP contribution < -0.4 is 11.1 Å². The van der Waals surface area contributed by atoms with Crippen molar-refractivity contribution in [3.8, 4) is 0 Å². The molecule has 0 radical (unpaired) electrons. The zero-order valence-corrected chi connectivity index (χ0v) is 11.7. The third kappa shape index (κ3) is 4.79. The second-order valence-corrected chi connectivity index (χ2v) is 5.17. The normalized spacial score (nSPS) is 10.9. The molecule has 0 aliphatic heterocycles. The first-order chi connectivity index (χ1) is 8.83. The van der Waals surface area contributed by atoms with E-state index in [4.69, 9.17) is 17.3 Å². The van der Waals surface area contributed by atoms with E-state index in [1.165, 1.54) is 0 Å². The zero-order chi connectivity index (χ0) is 14.5. The Kier molecular flexibility index (Phi) is 5.18. The first-order valence-electron chi connectivity index (χ1n) is 5.77. The Morgan fingerprint density at radius 3 is 2.58 bits per heavy atom. The molecule has 6 heteroatoms. The molecule has 19 heavy (non-hydrogen) atoms. The molecule has 0 fully saturated rings. The minimum absolute atomic E-state index is 0.0727. The second-order valence-electron chi connectivity index (χ2n) is 4.77. The smallest absolute Gasteiger partial charge is 0.404 e. The number of carbonyl (C=O) groups excluding carboxylic acids is 2. The highest BCUT2D eigenvalue weighted by Crippen LogP contribution is 2.18. The van der Waals surface area contributed by atoms with Gasteiger partial charge in [0.2, 0.25) is 5.91 Å². The molecular weight excluding hydrogens is 268 g/mol. The van der Waals surface area contributed by atoms with Crippen molar-refractivity contribution in [2.24, 2.45) is 11.1 Å². The maximum Gasteiger partial charge on any atom is 0.404 e. The van der Waals surface area contributed by atoms with Crippen molar-refractivity contribution in [1.29, 1.82) is 0 Å². The van der Waals surface area contributed by atoms with Gasteiger partial charge >= 0.3 is 6.09 Å². The number of amides is 2. The van der Waals surface area contributed by atoms with E-state index in [2.05, 4.69) is 10.1 Å². The first kappa shape index (κ1) is 15.3.